The van der Waals surface area contributed by atoms with Gasteiger partial charge < -0.3 is 9.30 Å². The molecule has 0 aliphatic heterocycles. The molecule has 5 nitrogen and oxygen atoms in total. The van der Waals surface area contributed by atoms with E-state index < -0.39 is 5.97 Å². The van der Waals surface area contributed by atoms with E-state index in [0.717, 1.165) is 4.47 Å². The molecule has 2 rings (SSSR count). The summed E-state index contributed by atoms with van der Waals surface area (Å²) in [5, 5.41) is 9.08. The minimum atomic E-state index is -0.477. The lowest BCUT2D eigenvalue weighted by atomic mass is 10.2. The van der Waals surface area contributed by atoms with E-state index in [1.165, 1.54) is 6.33 Å². The molecular formula is C13H10BrN3O2. The molecule has 1 heterocycles. The van der Waals surface area contributed by atoms with Gasteiger partial charge in [-0.15, -0.1) is 0 Å². The van der Waals surface area contributed by atoms with Crippen LogP contribution in [0.25, 0.3) is 5.69 Å². The highest BCUT2D eigenvalue weighted by Crippen LogP contribution is 2.20. The number of aromatic nitrogens is 2. The predicted molar refractivity (Wildman–Crippen MR) is 71.9 cm³/mol. The van der Waals surface area contributed by atoms with Gasteiger partial charge >= 0.3 is 5.97 Å². The van der Waals surface area contributed by atoms with Crippen molar-refractivity contribution in [1.82, 2.24) is 9.55 Å². The quantitative estimate of drug-likeness (QED) is 0.816. The number of benzene rings is 1. The molecule has 0 N–H and O–H groups in total. The number of ether oxygens (including phenoxy) is 1. The van der Waals surface area contributed by atoms with Crippen molar-refractivity contribution < 1.29 is 9.53 Å². The number of rotatable bonds is 3. The molecule has 0 radical (unpaired) electrons. The Hall–Kier alpha value is -2.13. The monoisotopic (exact) mass is 319 g/mol. The minimum Gasteiger partial charge on any atom is -0.461 e. The Morgan fingerprint density at radius 1 is 1.58 bits per heavy atom. The van der Waals surface area contributed by atoms with Crippen LogP contribution in [0.3, 0.4) is 0 Å². The first-order chi connectivity index (χ1) is 9.15. The molecule has 0 saturated carbocycles. The van der Waals surface area contributed by atoms with Gasteiger partial charge in [0.1, 0.15) is 12.4 Å². The fraction of sp³-hybridized carbons (Fsp3) is 0.154. The van der Waals surface area contributed by atoms with Crippen LogP contribution < -0.4 is 0 Å². The SMILES string of the molecule is CCOC(=O)c1cn(-c2cc(Br)ccc2C#N)cn1. The first-order valence-electron chi connectivity index (χ1n) is 5.57. The molecule has 2 aromatic rings. The van der Waals surface area contributed by atoms with Crippen molar-refractivity contribution in [2.45, 2.75) is 6.92 Å². The molecule has 0 aliphatic rings. The molecule has 19 heavy (non-hydrogen) atoms. The number of hydrogen-bond acceptors (Lipinski definition) is 4. The lowest BCUT2D eigenvalue weighted by Gasteiger charge is -2.04. The summed E-state index contributed by atoms with van der Waals surface area (Å²) >= 11 is 3.35. The van der Waals surface area contributed by atoms with Crippen molar-refractivity contribution in [2.75, 3.05) is 6.61 Å². The molecule has 0 bridgehead atoms. The zero-order chi connectivity index (χ0) is 13.8. The lowest BCUT2D eigenvalue weighted by molar-refractivity contribution is 0.0520. The molecule has 1 aromatic carbocycles. The van der Waals surface area contributed by atoms with E-state index in [9.17, 15) is 4.79 Å². The van der Waals surface area contributed by atoms with E-state index >= 15 is 0 Å². The molecule has 6 heteroatoms. The second kappa shape index (κ2) is 5.67. The van der Waals surface area contributed by atoms with Crippen LogP contribution in [0.1, 0.15) is 23.0 Å². The fourth-order valence-corrected chi connectivity index (χ4v) is 1.93. The van der Waals surface area contributed by atoms with Crippen LogP contribution in [0.4, 0.5) is 0 Å². The average Bonchev–Trinajstić information content (AvgIpc) is 2.88. The van der Waals surface area contributed by atoms with Crippen LogP contribution in [0.5, 0.6) is 0 Å². The van der Waals surface area contributed by atoms with Crippen molar-refractivity contribution in [1.29, 1.82) is 5.26 Å². The summed E-state index contributed by atoms with van der Waals surface area (Å²) in [6.07, 6.45) is 3.02. The summed E-state index contributed by atoms with van der Waals surface area (Å²) < 4.78 is 7.33. The first-order valence-corrected chi connectivity index (χ1v) is 6.36. The molecule has 0 spiro atoms. The molecule has 0 amide bonds. The third-order valence-electron chi connectivity index (χ3n) is 2.43. The minimum absolute atomic E-state index is 0.214. The molecule has 0 atom stereocenters. The second-order valence-electron chi connectivity index (χ2n) is 3.66. The highest BCUT2D eigenvalue weighted by Gasteiger charge is 2.12. The third-order valence-corrected chi connectivity index (χ3v) is 2.92. The summed E-state index contributed by atoms with van der Waals surface area (Å²) in [4.78, 5) is 15.5. The van der Waals surface area contributed by atoms with Gasteiger partial charge in [0, 0.05) is 10.7 Å². The Bertz CT molecular complexity index is 658. The number of halogens is 1. The van der Waals surface area contributed by atoms with E-state index in [-0.39, 0.29) is 5.69 Å². The predicted octanol–water partition coefficient (Wildman–Crippen LogP) is 2.68. The van der Waals surface area contributed by atoms with E-state index in [2.05, 4.69) is 27.0 Å². The van der Waals surface area contributed by atoms with Crippen molar-refractivity contribution in [3.05, 3.63) is 46.5 Å². The van der Waals surface area contributed by atoms with E-state index in [4.69, 9.17) is 10.00 Å². The summed E-state index contributed by atoms with van der Waals surface area (Å²) in [6.45, 7) is 2.03. The van der Waals surface area contributed by atoms with Gasteiger partial charge in [-0.05, 0) is 25.1 Å². The number of carbonyl (C=O) groups is 1. The van der Waals surface area contributed by atoms with Crippen LogP contribution in [-0.4, -0.2) is 22.1 Å². The van der Waals surface area contributed by atoms with Crippen molar-refractivity contribution in [2.24, 2.45) is 0 Å². The van der Waals surface area contributed by atoms with E-state index in [1.807, 2.05) is 0 Å². The topological polar surface area (TPSA) is 67.9 Å². The smallest absolute Gasteiger partial charge is 0.358 e. The largest absolute Gasteiger partial charge is 0.461 e. The van der Waals surface area contributed by atoms with Crippen LogP contribution in [0.15, 0.2) is 35.2 Å². The summed E-state index contributed by atoms with van der Waals surface area (Å²) in [5.74, 6) is -0.477. The Labute approximate surface area is 118 Å². The number of hydrogen-bond donors (Lipinski definition) is 0. The molecule has 0 unspecified atom stereocenters. The highest BCUT2D eigenvalue weighted by molar-refractivity contribution is 9.10. The van der Waals surface area contributed by atoms with E-state index in [0.29, 0.717) is 17.9 Å². The molecule has 0 saturated heterocycles. The standard InChI is InChI=1S/C13H10BrN3O2/c1-2-19-13(18)11-7-17(8-16-11)12-5-10(14)4-3-9(12)6-15/h3-5,7-8H,2H2,1H3. The number of imidazole rings is 1. The van der Waals surface area contributed by atoms with Crippen LogP contribution in [-0.2, 0) is 4.74 Å². The number of nitriles is 1. The Balaban J connectivity index is 2.41. The second-order valence-corrected chi connectivity index (χ2v) is 4.58. The Morgan fingerprint density at radius 2 is 2.37 bits per heavy atom. The van der Waals surface area contributed by atoms with Gasteiger partial charge in [0.25, 0.3) is 0 Å². The van der Waals surface area contributed by atoms with Gasteiger partial charge in [-0.3, -0.25) is 0 Å². The van der Waals surface area contributed by atoms with Crippen LogP contribution >= 0.6 is 15.9 Å². The summed E-state index contributed by atoms with van der Waals surface area (Å²) in [7, 11) is 0. The summed E-state index contributed by atoms with van der Waals surface area (Å²) in [5.41, 5.74) is 1.36. The van der Waals surface area contributed by atoms with Gasteiger partial charge in [0.15, 0.2) is 5.69 Å². The number of esters is 1. The Kier molecular flexibility index (Phi) is 3.97. The van der Waals surface area contributed by atoms with Crippen molar-refractivity contribution in [3.63, 3.8) is 0 Å². The van der Waals surface area contributed by atoms with Gasteiger partial charge in [0.2, 0.25) is 0 Å². The molecule has 96 valence electrons. The third kappa shape index (κ3) is 2.83. The van der Waals surface area contributed by atoms with Gasteiger partial charge in [-0.2, -0.15) is 5.26 Å². The zero-order valence-corrected chi connectivity index (χ0v) is 11.7. The maximum atomic E-state index is 11.5. The number of nitrogens with zero attached hydrogens (tertiary/aromatic N) is 3. The first kappa shape index (κ1) is 13.3. The molecular weight excluding hydrogens is 310 g/mol. The molecule has 1 aromatic heterocycles. The van der Waals surface area contributed by atoms with Crippen molar-refractivity contribution >= 4 is 21.9 Å². The average molecular weight is 320 g/mol. The molecule has 0 aliphatic carbocycles. The lowest BCUT2D eigenvalue weighted by Crippen LogP contribution is -2.04. The van der Waals surface area contributed by atoms with Crippen LogP contribution in [0.2, 0.25) is 0 Å². The fourth-order valence-electron chi connectivity index (χ4n) is 1.58. The van der Waals surface area contributed by atoms with Crippen molar-refractivity contribution in [3.8, 4) is 11.8 Å². The maximum absolute atomic E-state index is 11.5. The zero-order valence-electron chi connectivity index (χ0n) is 10.1. The molecule has 0 fully saturated rings. The van der Waals surface area contributed by atoms with Gasteiger partial charge in [-0.25, -0.2) is 9.78 Å². The van der Waals surface area contributed by atoms with Gasteiger partial charge in [0.05, 0.1) is 17.9 Å². The summed E-state index contributed by atoms with van der Waals surface area (Å²) in [6, 6.07) is 7.37. The maximum Gasteiger partial charge on any atom is 0.358 e. The van der Waals surface area contributed by atoms with E-state index in [1.54, 1.807) is 35.9 Å². The normalized spacial score (nSPS) is 9.95. The number of carbonyl (C=O) groups excluding carboxylic acids is 1. The Morgan fingerprint density at radius 3 is 3.05 bits per heavy atom. The van der Waals surface area contributed by atoms with Crippen LogP contribution in [0, 0.1) is 11.3 Å². The highest BCUT2D eigenvalue weighted by atomic mass is 79.9. The van der Waals surface area contributed by atoms with Gasteiger partial charge in [-0.1, -0.05) is 15.9 Å².